The van der Waals surface area contributed by atoms with Gasteiger partial charge in [-0.05, 0) is 25.0 Å². The third kappa shape index (κ3) is 7.33. The maximum atomic E-state index is 11.4. The van der Waals surface area contributed by atoms with Gasteiger partial charge in [-0.3, -0.25) is 4.79 Å². The molecule has 3 nitrogen and oxygen atoms in total. The molecule has 1 aromatic heterocycles. The average Bonchev–Trinajstić information content (AvgIpc) is 2.40. The number of rotatable bonds is 9. The standard InChI is InChI=1S/C14H22N2OS/c1-2-3-4-8-13(17)15-11-7-12-18-14-9-5-6-10-16-14/h5-6,9-10H,2-4,7-8,11-12H2,1H3,(H,15,17). The summed E-state index contributed by atoms with van der Waals surface area (Å²) in [6.45, 7) is 2.91. The second kappa shape index (κ2) is 9.95. The zero-order valence-electron chi connectivity index (χ0n) is 11.0. The van der Waals surface area contributed by atoms with Crippen molar-refractivity contribution in [2.75, 3.05) is 12.3 Å². The number of unbranched alkanes of at least 4 members (excludes halogenated alkanes) is 2. The van der Waals surface area contributed by atoms with Gasteiger partial charge in [-0.15, -0.1) is 11.8 Å². The van der Waals surface area contributed by atoms with Crippen molar-refractivity contribution in [3.8, 4) is 0 Å². The van der Waals surface area contributed by atoms with E-state index < -0.39 is 0 Å². The lowest BCUT2D eigenvalue weighted by Crippen LogP contribution is -2.24. The smallest absolute Gasteiger partial charge is 0.219 e. The summed E-state index contributed by atoms with van der Waals surface area (Å²) in [6.07, 6.45) is 6.77. The van der Waals surface area contributed by atoms with Crippen molar-refractivity contribution in [2.45, 2.75) is 44.1 Å². The first kappa shape index (κ1) is 15.0. The minimum Gasteiger partial charge on any atom is -0.356 e. The quantitative estimate of drug-likeness (QED) is 0.551. The summed E-state index contributed by atoms with van der Waals surface area (Å²) in [5.74, 6) is 1.18. The Morgan fingerprint density at radius 3 is 2.94 bits per heavy atom. The summed E-state index contributed by atoms with van der Waals surface area (Å²) in [6, 6.07) is 5.92. The highest BCUT2D eigenvalue weighted by Gasteiger charge is 2.00. The van der Waals surface area contributed by atoms with E-state index in [4.69, 9.17) is 0 Å². The fourth-order valence-corrected chi connectivity index (χ4v) is 2.34. The molecule has 100 valence electrons. The number of nitrogens with zero attached hydrogens (tertiary/aromatic N) is 1. The summed E-state index contributed by atoms with van der Waals surface area (Å²) in [5, 5.41) is 4.00. The number of carbonyl (C=O) groups excluding carboxylic acids is 1. The maximum absolute atomic E-state index is 11.4. The molecule has 1 N–H and O–H groups in total. The van der Waals surface area contributed by atoms with Gasteiger partial charge in [0.1, 0.15) is 0 Å². The maximum Gasteiger partial charge on any atom is 0.219 e. The molecule has 4 heteroatoms. The minimum atomic E-state index is 0.186. The summed E-state index contributed by atoms with van der Waals surface area (Å²) >= 11 is 1.73. The molecule has 0 radical (unpaired) electrons. The van der Waals surface area contributed by atoms with E-state index in [9.17, 15) is 4.79 Å². The van der Waals surface area contributed by atoms with Crippen LogP contribution < -0.4 is 5.32 Å². The van der Waals surface area contributed by atoms with Crippen molar-refractivity contribution in [2.24, 2.45) is 0 Å². The normalized spacial score (nSPS) is 10.3. The number of thioether (sulfide) groups is 1. The Morgan fingerprint density at radius 1 is 1.33 bits per heavy atom. The lowest BCUT2D eigenvalue weighted by Gasteiger charge is -2.04. The highest BCUT2D eigenvalue weighted by molar-refractivity contribution is 7.99. The van der Waals surface area contributed by atoms with E-state index in [0.29, 0.717) is 6.42 Å². The van der Waals surface area contributed by atoms with E-state index in [0.717, 1.165) is 43.0 Å². The van der Waals surface area contributed by atoms with E-state index in [1.165, 1.54) is 0 Å². The molecule has 0 fully saturated rings. The van der Waals surface area contributed by atoms with Crippen molar-refractivity contribution in [3.63, 3.8) is 0 Å². The van der Waals surface area contributed by atoms with Crippen LogP contribution >= 0.6 is 11.8 Å². The van der Waals surface area contributed by atoms with Crippen LogP contribution in [0.5, 0.6) is 0 Å². The number of hydrogen-bond donors (Lipinski definition) is 1. The van der Waals surface area contributed by atoms with E-state index in [2.05, 4.69) is 17.2 Å². The van der Waals surface area contributed by atoms with Gasteiger partial charge in [0, 0.05) is 24.9 Å². The minimum absolute atomic E-state index is 0.186. The van der Waals surface area contributed by atoms with Crippen LogP contribution in [0.3, 0.4) is 0 Å². The fraction of sp³-hybridized carbons (Fsp3) is 0.571. The molecule has 18 heavy (non-hydrogen) atoms. The highest BCUT2D eigenvalue weighted by Crippen LogP contribution is 2.14. The van der Waals surface area contributed by atoms with Crippen LogP contribution in [-0.2, 0) is 4.79 Å². The Bertz CT molecular complexity index is 330. The van der Waals surface area contributed by atoms with Crippen LogP contribution in [0, 0.1) is 0 Å². The largest absolute Gasteiger partial charge is 0.356 e. The molecule has 1 rings (SSSR count). The predicted octanol–water partition coefficient (Wildman–Crippen LogP) is 3.26. The van der Waals surface area contributed by atoms with Gasteiger partial charge in [-0.2, -0.15) is 0 Å². The van der Waals surface area contributed by atoms with Gasteiger partial charge in [0.25, 0.3) is 0 Å². The zero-order chi connectivity index (χ0) is 13.1. The molecular weight excluding hydrogens is 244 g/mol. The van der Waals surface area contributed by atoms with E-state index in [1.54, 1.807) is 18.0 Å². The lowest BCUT2D eigenvalue weighted by molar-refractivity contribution is -0.121. The van der Waals surface area contributed by atoms with Crippen molar-refractivity contribution in [1.82, 2.24) is 10.3 Å². The van der Waals surface area contributed by atoms with Crippen LogP contribution in [0.4, 0.5) is 0 Å². The average molecular weight is 266 g/mol. The zero-order valence-corrected chi connectivity index (χ0v) is 11.8. The molecule has 0 unspecified atom stereocenters. The van der Waals surface area contributed by atoms with Crippen molar-refractivity contribution < 1.29 is 4.79 Å². The molecular formula is C14H22N2OS. The molecule has 0 aliphatic rings. The Morgan fingerprint density at radius 2 is 2.22 bits per heavy atom. The lowest BCUT2D eigenvalue weighted by atomic mass is 10.2. The monoisotopic (exact) mass is 266 g/mol. The number of aromatic nitrogens is 1. The highest BCUT2D eigenvalue weighted by atomic mass is 32.2. The Labute approximate surface area is 114 Å². The van der Waals surface area contributed by atoms with E-state index in [1.807, 2.05) is 18.2 Å². The third-order valence-corrected chi connectivity index (χ3v) is 3.57. The van der Waals surface area contributed by atoms with Gasteiger partial charge in [0.2, 0.25) is 5.91 Å². The summed E-state index contributed by atoms with van der Waals surface area (Å²) in [7, 11) is 0. The number of nitrogens with one attached hydrogen (secondary N) is 1. The number of hydrogen-bond acceptors (Lipinski definition) is 3. The molecule has 0 aliphatic heterocycles. The molecule has 0 spiro atoms. The fourth-order valence-electron chi connectivity index (χ4n) is 1.53. The van der Waals surface area contributed by atoms with Crippen molar-refractivity contribution >= 4 is 17.7 Å². The molecule has 1 amide bonds. The number of pyridine rings is 1. The van der Waals surface area contributed by atoms with Crippen LogP contribution in [-0.4, -0.2) is 23.2 Å². The van der Waals surface area contributed by atoms with E-state index >= 15 is 0 Å². The molecule has 1 heterocycles. The Kier molecular flexibility index (Phi) is 8.30. The topological polar surface area (TPSA) is 42.0 Å². The van der Waals surface area contributed by atoms with Crippen LogP contribution in [0.25, 0.3) is 0 Å². The van der Waals surface area contributed by atoms with Gasteiger partial charge < -0.3 is 5.32 Å². The first-order chi connectivity index (χ1) is 8.83. The summed E-state index contributed by atoms with van der Waals surface area (Å²) in [5.41, 5.74) is 0. The third-order valence-electron chi connectivity index (χ3n) is 2.54. The predicted molar refractivity (Wildman–Crippen MR) is 76.7 cm³/mol. The van der Waals surface area contributed by atoms with E-state index in [-0.39, 0.29) is 5.91 Å². The van der Waals surface area contributed by atoms with Gasteiger partial charge in [0.15, 0.2) is 0 Å². The Balaban J connectivity index is 1.97. The van der Waals surface area contributed by atoms with Crippen LogP contribution in [0.15, 0.2) is 29.4 Å². The second-order valence-electron chi connectivity index (χ2n) is 4.18. The first-order valence-electron chi connectivity index (χ1n) is 6.63. The van der Waals surface area contributed by atoms with Gasteiger partial charge >= 0.3 is 0 Å². The van der Waals surface area contributed by atoms with Crippen LogP contribution in [0.2, 0.25) is 0 Å². The molecule has 0 aromatic carbocycles. The number of amides is 1. The van der Waals surface area contributed by atoms with Crippen LogP contribution in [0.1, 0.15) is 39.0 Å². The summed E-state index contributed by atoms with van der Waals surface area (Å²) in [4.78, 5) is 15.7. The molecule has 0 saturated heterocycles. The SMILES string of the molecule is CCCCCC(=O)NCCCSc1ccccn1. The molecule has 0 saturated carbocycles. The molecule has 0 atom stereocenters. The number of carbonyl (C=O) groups is 1. The Hall–Kier alpha value is -1.03. The summed E-state index contributed by atoms with van der Waals surface area (Å²) < 4.78 is 0. The van der Waals surface area contributed by atoms with Gasteiger partial charge in [0.05, 0.1) is 5.03 Å². The van der Waals surface area contributed by atoms with Crippen molar-refractivity contribution in [3.05, 3.63) is 24.4 Å². The van der Waals surface area contributed by atoms with Crippen molar-refractivity contribution in [1.29, 1.82) is 0 Å². The van der Waals surface area contributed by atoms with Gasteiger partial charge in [-0.1, -0.05) is 25.8 Å². The second-order valence-corrected chi connectivity index (χ2v) is 5.29. The molecule has 1 aromatic rings. The first-order valence-corrected chi connectivity index (χ1v) is 7.62. The molecule has 0 bridgehead atoms. The molecule has 0 aliphatic carbocycles. The van der Waals surface area contributed by atoms with Gasteiger partial charge in [-0.25, -0.2) is 4.98 Å².